The van der Waals surface area contributed by atoms with E-state index in [0.717, 1.165) is 0 Å². The fraction of sp³-hybridized carbons (Fsp3) is 0.114. The average molecular weight is 1100 g/mol. The van der Waals surface area contributed by atoms with E-state index < -0.39 is 39.1 Å². The Hall–Kier alpha value is -3.73. The molecule has 0 atom stereocenters. The quantitative estimate of drug-likeness (QED) is 0.0880. The summed E-state index contributed by atoms with van der Waals surface area (Å²) >= 11 is 0. The van der Waals surface area contributed by atoms with Crippen molar-refractivity contribution in [2.24, 2.45) is 5.41 Å². The Labute approximate surface area is 346 Å². The van der Waals surface area contributed by atoms with Gasteiger partial charge in [-0.05, 0) is 91.7 Å². The molecule has 9 heteroatoms. The Balaban J connectivity index is 0.000000215. The van der Waals surface area contributed by atoms with Gasteiger partial charge in [0.25, 0.3) is 0 Å². The Bertz CT molecular complexity index is 1640. The molecule has 0 spiro atoms. The first-order chi connectivity index (χ1) is 25.0. The van der Waals surface area contributed by atoms with Gasteiger partial charge in [-0.25, -0.2) is 0 Å². The number of urea groups is 1. The molecule has 1 aliphatic heterocycles. The first-order valence-electron chi connectivity index (χ1n) is 17.1. The summed E-state index contributed by atoms with van der Waals surface area (Å²) in [6.45, 7) is 3.42. The van der Waals surface area contributed by atoms with E-state index >= 15 is 0 Å². The van der Waals surface area contributed by atoms with Gasteiger partial charge in [-0.2, -0.15) is 0 Å². The number of amides is 4. The molecule has 0 unspecified atom stereocenters. The maximum atomic E-state index is 11.3. The van der Waals surface area contributed by atoms with Crippen LogP contribution in [0.15, 0.2) is 182 Å². The van der Waals surface area contributed by atoms with Crippen LogP contribution >= 0.6 is 15.8 Å². The minimum atomic E-state index is -1.17. The third kappa shape index (κ3) is 11.6. The van der Waals surface area contributed by atoms with Crippen molar-refractivity contribution in [1.29, 1.82) is 0 Å². The summed E-state index contributed by atoms with van der Waals surface area (Å²) in [5, 5.41) is 14.9. The van der Waals surface area contributed by atoms with Gasteiger partial charge in [0.05, 0.1) is 33.1 Å². The second-order valence-corrected chi connectivity index (χ2v) is 16.8. The van der Waals surface area contributed by atoms with E-state index in [2.05, 4.69) is 193 Å². The summed E-state index contributed by atoms with van der Waals surface area (Å²) in [6, 6.07) is 64.0. The maximum Gasteiger partial charge on any atom is 1.00 e. The fourth-order valence-electron chi connectivity index (χ4n) is 5.99. The topological polar surface area (TPSA) is 79.4 Å². The van der Waals surface area contributed by atoms with Gasteiger partial charge >= 0.3 is 44.8 Å². The summed E-state index contributed by atoms with van der Waals surface area (Å²) in [5.41, 5.74) is -1.17. The molecule has 6 aromatic rings. The van der Waals surface area contributed by atoms with Crippen molar-refractivity contribution in [3.63, 3.8) is 0 Å². The van der Waals surface area contributed by atoms with Crippen LogP contribution in [0.4, 0.5) is 4.79 Å². The van der Waals surface area contributed by atoms with Gasteiger partial charge in [0, 0.05) is 0 Å². The second-order valence-electron chi connectivity index (χ2n) is 11.9. The van der Waals surface area contributed by atoms with Crippen molar-refractivity contribution in [2.75, 3.05) is 0 Å². The number of hydrogen-bond acceptors (Lipinski definition) is 3. The minimum Gasteiger partial charge on any atom is -0.611 e. The van der Waals surface area contributed by atoms with Crippen molar-refractivity contribution in [1.82, 2.24) is 0 Å². The smallest absolute Gasteiger partial charge is 0.611 e. The van der Waals surface area contributed by atoms with Gasteiger partial charge in [0.15, 0.2) is 0 Å². The van der Waals surface area contributed by atoms with Crippen LogP contribution in [0.5, 0.6) is 0 Å². The number of rotatable bonds is 8. The second kappa shape index (κ2) is 22.5. The SMILES string of the molecule is CCC1(CC)C(=O)[N-]C(=O)[N-]C1=O.[Au+].[Au+].c1ccc([PH+](c2ccccc2)c2ccccc2)cc1.c1ccc([PH+](c2ccccc2)c2ccccc2)cc1. The monoisotopic (exact) mass is 1100 g/mol. The zero-order chi connectivity index (χ0) is 35.9. The molecule has 7 rings (SSSR count). The summed E-state index contributed by atoms with van der Waals surface area (Å²) in [6.07, 6.45) is 0.670. The minimum absolute atomic E-state index is 0. The number of hydrogen-bond donors (Lipinski definition) is 0. The molecule has 5 nitrogen and oxygen atoms in total. The van der Waals surface area contributed by atoms with E-state index in [-0.39, 0.29) is 44.8 Å². The molecule has 6 aromatic carbocycles. The number of imide groups is 2. The zero-order valence-corrected chi connectivity index (χ0v) is 35.8. The van der Waals surface area contributed by atoms with Gasteiger partial charge in [0.2, 0.25) is 0 Å². The molecule has 276 valence electrons. The van der Waals surface area contributed by atoms with Crippen molar-refractivity contribution in [2.45, 2.75) is 26.7 Å². The standard InChI is InChI=1S/2C18H15P.C8H12N2O3.2Au/c2*1-4-10-16(11-5-1)19(17-12-6-2-7-13-17)18-14-8-3-9-15-18;1-3-8(4-2)5(11)9-7(13)10-6(8)12;;/h2*1-15H;3-4H2,1-2H3,(H2,9,10,11,12,13);;/q;;;2*+1. The average Bonchev–Trinajstić information content (AvgIpc) is 3.18. The zero-order valence-electron chi connectivity index (χ0n) is 29.5. The molecule has 0 aliphatic carbocycles. The summed E-state index contributed by atoms with van der Waals surface area (Å²) < 4.78 is 0. The van der Waals surface area contributed by atoms with Crippen LogP contribution in [0.3, 0.4) is 0 Å². The van der Waals surface area contributed by atoms with Gasteiger partial charge in [0.1, 0.15) is 31.8 Å². The number of benzene rings is 6. The van der Waals surface area contributed by atoms with Crippen LogP contribution in [0.1, 0.15) is 26.7 Å². The van der Waals surface area contributed by atoms with Crippen molar-refractivity contribution >= 4 is 65.5 Å². The molecule has 0 saturated carbocycles. The molecule has 0 aromatic heterocycles. The van der Waals surface area contributed by atoms with Crippen LogP contribution in [0.2, 0.25) is 0 Å². The summed E-state index contributed by atoms with van der Waals surface area (Å²) in [7, 11) is -1.75. The van der Waals surface area contributed by atoms with E-state index in [1.165, 1.54) is 31.8 Å². The molecule has 1 aliphatic rings. The van der Waals surface area contributed by atoms with E-state index in [0.29, 0.717) is 12.8 Å². The third-order valence-electron chi connectivity index (χ3n) is 8.80. The van der Waals surface area contributed by atoms with Gasteiger partial charge in [-0.3, -0.25) is 0 Å². The van der Waals surface area contributed by atoms with Crippen LogP contribution in [-0.4, -0.2) is 17.8 Å². The van der Waals surface area contributed by atoms with E-state index in [1.54, 1.807) is 13.8 Å². The first kappa shape index (κ1) is 43.7. The summed E-state index contributed by atoms with van der Waals surface area (Å²) in [5.74, 6) is -1.30. The van der Waals surface area contributed by atoms with Crippen LogP contribution in [-0.2, 0) is 54.3 Å². The van der Waals surface area contributed by atoms with E-state index in [9.17, 15) is 14.4 Å². The van der Waals surface area contributed by atoms with Crippen LogP contribution in [0, 0.1) is 5.41 Å². The van der Waals surface area contributed by atoms with Gasteiger partial charge < -0.3 is 25.0 Å². The molecule has 0 N–H and O–H groups in total. The van der Waals surface area contributed by atoms with Crippen molar-refractivity contribution in [3.05, 3.63) is 193 Å². The van der Waals surface area contributed by atoms with Crippen molar-refractivity contribution < 1.29 is 59.1 Å². The fourth-order valence-corrected chi connectivity index (χ4v) is 11.1. The van der Waals surface area contributed by atoms with E-state index in [1.807, 2.05) is 0 Å². The van der Waals surface area contributed by atoms with Crippen LogP contribution < -0.4 is 31.8 Å². The number of carbonyl (C=O) groups is 3. The first-order valence-corrected chi connectivity index (χ1v) is 20.1. The molecule has 1 fully saturated rings. The number of nitrogens with zero attached hydrogens (tertiary/aromatic N) is 2. The Morgan fingerprint density at radius 3 is 0.736 bits per heavy atom. The van der Waals surface area contributed by atoms with Gasteiger partial charge in [-0.1, -0.05) is 123 Å². The largest absolute Gasteiger partial charge is 1.00 e. The molecular weight excluding hydrogens is 1060 g/mol. The Morgan fingerprint density at radius 2 is 0.566 bits per heavy atom. The molecular formula is C44H42Au2N2O3P2+2. The predicted octanol–water partition coefficient (Wildman–Crippen LogP) is 8.08. The number of carbonyl (C=O) groups excluding carboxylic acids is 3. The molecule has 4 amide bonds. The van der Waals surface area contributed by atoms with Gasteiger partial charge in [-0.15, -0.1) is 0 Å². The third-order valence-corrected chi connectivity index (χ3v) is 14.3. The Morgan fingerprint density at radius 1 is 0.377 bits per heavy atom. The summed E-state index contributed by atoms with van der Waals surface area (Å²) in [4.78, 5) is 33.3. The predicted molar refractivity (Wildman–Crippen MR) is 218 cm³/mol. The van der Waals surface area contributed by atoms with Crippen LogP contribution in [0.25, 0.3) is 10.6 Å². The molecule has 1 heterocycles. The molecule has 53 heavy (non-hydrogen) atoms. The Kier molecular flexibility index (Phi) is 18.5. The molecule has 0 radical (unpaired) electrons. The van der Waals surface area contributed by atoms with Crippen molar-refractivity contribution in [3.8, 4) is 0 Å². The molecule has 1 saturated heterocycles. The normalized spacial score (nSPS) is 12.7. The number of barbiturate groups is 1. The molecule has 0 bridgehead atoms. The van der Waals surface area contributed by atoms with E-state index in [4.69, 9.17) is 0 Å². The maximum absolute atomic E-state index is 11.3.